The molecular weight excluding hydrogens is 675 g/mol. The van der Waals surface area contributed by atoms with Crippen LogP contribution in [0.2, 0.25) is 0 Å². The molecule has 2 aromatic heterocycles. The molecule has 2 N–H and O–H groups in total. The second-order valence-electron chi connectivity index (χ2n) is 15.3. The third kappa shape index (κ3) is 7.24. The molecule has 0 radical (unpaired) electrons. The van der Waals surface area contributed by atoms with Gasteiger partial charge in [0.15, 0.2) is 17.0 Å². The van der Waals surface area contributed by atoms with Crippen molar-refractivity contribution < 1.29 is 18.6 Å². The smallest absolute Gasteiger partial charge is 0.194 e. The first-order chi connectivity index (χ1) is 25.8. The van der Waals surface area contributed by atoms with Crippen LogP contribution in [0.25, 0.3) is 10.9 Å². The van der Waals surface area contributed by atoms with Crippen molar-refractivity contribution in [1.82, 2.24) is 24.3 Å². The number of hydrogen-bond acceptors (Lipinski definition) is 11. The normalized spacial score (nSPS) is 24.2. The van der Waals surface area contributed by atoms with Crippen LogP contribution in [0.1, 0.15) is 44.2 Å². The Bertz CT molecular complexity index is 1900. The van der Waals surface area contributed by atoms with Crippen molar-refractivity contribution in [2.24, 2.45) is 0 Å². The molecule has 13 heteroatoms. The van der Waals surface area contributed by atoms with Crippen molar-refractivity contribution in [2.75, 3.05) is 95.3 Å². The number of morpholine rings is 1. The molecule has 284 valence electrons. The number of pyridine rings is 2. The van der Waals surface area contributed by atoms with Crippen LogP contribution < -0.4 is 25.7 Å². The van der Waals surface area contributed by atoms with Crippen LogP contribution in [0.15, 0.2) is 59.3 Å². The van der Waals surface area contributed by atoms with E-state index in [9.17, 15) is 4.79 Å². The third-order valence-corrected chi connectivity index (χ3v) is 11.9. The van der Waals surface area contributed by atoms with Crippen molar-refractivity contribution in [1.29, 1.82) is 0 Å². The lowest BCUT2D eigenvalue weighted by molar-refractivity contribution is 0.0114. The topological polar surface area (TPSA) is 105 Å². The Morgan fingerprint density at radius 3 is 2.64 bits per heavy atom. The highest BCUT2D eigenvalue weighted by Gasteiger charge is 2.34. The number of nitrogens with zero attached hydrogens (tertiary/aromatic N) is 7. The molecule has 0 amide bonds. The molecule has 12 nitrogen and oxygen atoms in total. The van der Waals surface area contributed by atoms with Crippen molar-refractivity contribution in [2.45, 2.75) is 63.5 Å². The maximum atomic E-state index is 16.4. The Balaban J connectivity index is 1.11. The van der Waals surface area contributed by atoms with Gasteiger partial charge in [0.2, 0.25) is 0 Å². The summed E-state index contributed by atoms with van der Waals surface area (Å²) in [6.07, 6.45) is 13.9. The van der Waals surface area contributed by atoms with Crippen molar-refractivity contribution in [3.8, 4) is 5.75 Å². The van der Waals surface area contributed by atoms with Gasteiger partial charge in [0.05, 0.1) is 42.0 Å². The molecule has 5 aliphatic rings. The minimum Gasteiger partial charge on any atom is -0.487 e. The molecule has 0 spiro atoms. The molecule has 3 unspecified atom stereocenters. The van der Waals surface area contributed by atoms with E-state index in [2.05, 4.69) is 48.2 Å². The van der Waals surface area contributed by atoms with Gasteiger partial charge in [-0.25, -0.2) is 9.37 Å². The van der Waals surface area contributed by atoms with Crippen LogP contribution >= 0.6 is 0 Å². The van der Waals surface area contributed by atoms with Gasteiger partial charge in [-0.2, -0.15) is 0 Å². The Hall–Kier alpha value is -4.17. The number of nitrogens with two attached hydrogens (primary N) is 1. The molecule has 5 aliphatic heterocycles. The number of benzene rings is 1. The van der Waals surface area contributed by atoms with E-state index in [1.54, 1.807) is 7.11 Å². The first-order valence-electron chi connectivity index (χ1n) is 19.2. The van der Waals surface area contributed by atoms with Crippen LogP contribution in [-0.2, 0) is 16.0 Å². The Kier molecular flexibility index (Phi) is 10.3. The Morgan fingerprint density at radius 1 is 1.08 bits per heavy atom. The van der Waals surface area contributed by atoms with Crippen LogP contribution in [0.4, 0.5) is 21.6 Å². The highest BCUT2D eigenvalue weighted by atomic mass is 19.1. The van der Waals surface area contributed by atoms with Crippen LogP contribution in [-0.4, -0.2) is 122 Å². The van der Waals surface area contributed by atoms with Crippen molar-refractivity contribution >= 4 is 28.1 Å². The second kappa shape index (κ2) is 15.3. The van der Waals surface area contributed by atoms with E-state index in [1.165, 1.54) is 6.07 Å². The molecule has 3 saturated heterocycles. The molecule has 53 heavy (non-hydrogen) atoms. The number of rotatable bonds is 9. The molecule has 3 aromatic rings. The molecule has 0 aliphatic carbocycles. The summed E-state index contributed by atoms with van der Waals surface area (Å²) in [5.41, 5.74) is 9.76. The number of likely N-dealkylation sites (N-methyl/N-ethyl adjacent to an activating group) is 1. The summed E-state index contributed by atoms with van der Waals surface area (Å²) < 4.78 is 36.2. The fraction of sp³-hybridized carbons (Fsp3) is 0.550. The highest BCUT2D eigenvalue weighted by molar-refractivity contribution is 5.92. The third-order valence-electron chi connectivity index (χ3n) is 11.9. The molecule has 1 aromatic carbocycles. The number of halogens is 1. The van der Waals surface area contributed by atoms with Crippen LogP contribution in [0.3, 0.4) is 0 Å². The molecule has 0 bridgehead atoms. The fourth-order valence-corrected chi connectivity index (χ4v) is 8.91. The van der Waals surface area contributed by atoms with Crippen molar-refractivity contribution in [3.63, 3.8) is 0 Å². The summed E-state index contributed by atoms with van der Waals surface area (Å²) in [6.45, 7) is 10.2. The SMILES string of the molecule is COC1C=C(CN(Cc2cn3c4c(c(N5CCC(N6CCOCC6)CC5)c(F)cc4c2=O)OCC3C)C2CCCN(c3ccc(N)nc3)C2)C=CN1C. The van der Waals surface area contributed by atoms with E-state index in [0.717, 1.165) is 89.4 Å². The van der Waals surface area contributed by atoms with Gasteiger partial charge in [0, 0.05) is 96.6 Å². The predicted octanol–water partition coefficient (Wildman–Crippen LogP) is 4.20. The zero-order valence-corrected chi connectivity index (χ0v) is 31.3. The number of anilines is 3. The molecule has 7 heterocycles. The molecule has 3 atom stereocenters. The van der Waals surface area contributed by atoms with Gasteiger partial charge in [-0.3, -0.25) is 14.6 Å². The number of nitrogen functional groups attached to an aromatic ring is 1. The maximum absolute atomic E-state index is 16.4. The monoisotopic (exact) mass is 728 g/mol. The van der Waals surface area contributed by atoms with E-state index in [0.29, 0.717) is 59.5 Å². The van der Waals surface area contributed by atoms with Crippen molar-refractivity contribution in [3.05, 3.63) is 76.1 Å². The lowest BCUT2D eigenvalue weighted by Crippen LogP contribution is -2.49. The zero-order valence-electron chi connectivity index (χ0n) is 31.3. The van der Waals surface area contributed by atoms with E-state index in [-0.39, 0.29) is 23.7 Å². The van der Waals surface area contributed by atoms with Crippen LogP contribution in [0, 0.1) is 5.82 Å². The summed E-state index contributed by atoms with van der Waals surface area (Å²) in [7, 11) is 3.71. The van der Waals surface area contributed by atoms with Gasteiger partial charge in [0.25, 0.3) is 0 Å². The lowest BCUT2D eigenvalue weighted by atomic mass is 9.99. The number of ether oxygens (including phenoxy) is 3. The van der Waals surface area contributed by atoms with Gasteiger partial charge >= 0.3 is 0 Å². The summed E-state index contributed by atoms with van der Waals surface area (Å²) in [6, 6.07) is 5.95. The fourth-order valence-electron chi connectivity index (χ4n) is 8.91. The molecular formula is C40H53FN8O4. The Labute approximate surface area is 311 Å². The molecule has 8 rings (SSSR count). The van der Waals surface area contributed by atoms with Gasteiger partial charge in [-0.1, -0.05) is 0 Å². The number of aromatic nitrogens is 2. The van der Waals surface area contributed by atoms with E-state index in [1.807, 2.05) is 42.7 Å². The average Bonchev–Trinajstić information content (AvgIpc) is 3.18. The van der Waals surface area contributed by atoms with Gasteiger partial charge < -0.3 is 39.2 Å². The number of hydrogen-bond donors (Lipinski definition) is 1. The highest BCUT2D eigenvalue weighted by Crippen LogP contribution is 2.43. The van der Waals surface area contributed by atoms with E-state index < -0.39 is 5.82 Å². The number of methoxy groups -OCH3 is 1. The van der Waals surface area contributed by atoms with Gasteiger partial charge in [-0.15, -0.1) is 0 Å². The zero-order chi connectivity index (χ0) is 36.6. The molecule has 3 fully saturated rings. The number of piperidine rings is 2. The molecule has 0 saturated carbocycles. The second-order valence-corrected chi connectivity index (χ2v) is 15.3. The maximum Gasteiger partial charge on any atom is 0.194 e. The largest absolute Gasteiger partial charge is 0.487 e. The quantitative estimate of drug-likeness (QED) is 0.343. The van der Waals surface area contributed by atoms with Gasteiger partial charge in [-0.05, 0) is 68.5 Å². The summed E-state index contributed by atoms with van der Waals surface area (Å²) in [4.78, 5) is 30.3. The van der Waals surface area contributed by atoms with Crippen LogP contribution in [0.5, 0.6) is 5.75 Å². The first-order valence-corrected chi connectivity index (χ1v) is 19.2. The summed E-state index contributed by atoms with van der Waals surface area (Å²) >= 11 is 0. The minimum atomic E-state index is -0.392. The summed E-state index contributed by atoms with van der Waals surface area (Å²) in [5.74, 6) is 0.602. The minimum absolute atomic E-state index is 0.0201. The van der Waals surface area contributed by atoms with E-state index in [4.69, 9.17) is 19.9 Å². The van der Waals surface area contributed by atoms with Gasteiger partial charge in [0.1, 0.15) is 24.3 Å². The van der Waals surface area contributed by atoms with E-state index >= 15 is 4.39 Å². The first kappa shape index (κ1) is 35.8. The predicted molar refractivity (Wildman–Crippen MR) is 206 cm³/mol. The summed E-state index contributed by atoms with van der Waals surface area (Å²) in [5, 5.41) is 0.379. The lowest BCUT2D eigenvalue weighted by Gasteiger charge is -2.42. The average molecular weight is 729 g/mol. The Morgan fingerprint density at radius 2 is 1.89 bits per heavy atom. The standard InChI is InChI=1S/C40H53FN8O4/c1-27-26-53-40-37-33(20-34(41)38(40)46-13-9-30(10-14-46)45-15-17-52-18-16-45)39(50)29(24-49(27)37)23-48(22-28-8-12-44(2)36(19-28)51-3)32-5-4-11-47(25-32)31-6-7-35(42)43-21-31/h6-8,12,19-21,24,27,30,32,36H,4-5,9-11,13-18,22-23,25-26H2,1-3H3,(H2,42,43).